The van der Waals surface area contributed by atoms with Crippen molar-refractivity contribution in [2.24, 2.45) is 5.73 Å². The summed E-state index contributed by atoms with van der Waals surface area (Å²) in [5, 5.41) is 9.30. The lowest BCUT2D eigenvalue weighted by Crippen LogP contribution is -2.14. The number of nitrogens with two attached hydrogens (primary N) is 1. The number of hydrogen-bond donors (Lipinski definition) is 3. The first kappa shape index (κ1) is 8.30. The summed E-state index contributed by atoms with van der Waals surface area (Å²) in [5.74, 6) is -1.07. The molecule has 0 fully saturated rings. The number of fused-ring (bicyclic) bond motifs is 1. The third-order valence-corrected chi connectivity index (χ3v) is 1.75. The van der Waals surface area contributed by atoms with Gasteiger partial charge in [-0.25, -0.2) is 4.98 Å². The molecule has 0 bridgehead atoms. The summed E-state index contributed by atoms with van der Waals surface area (Å²) in [5.41, 5.74) is 4.48. The zero-order valence-corrected chi connectivity index (χ0v) is 6.89. The molecule has 7 heteroatoms. The number of carbonyl (C=O) groups excluding carboxylic acids is 1. The minimum absolute atomic E-state index is 0.0852. The number of H-pyrrole nitrogens is 1. The van der Waals surface area contributed by atoms with Crippen LogP contribution in [0.3, 0.4) is 0 Å². The summed E-state index contributed by atoms with van der Waals surface area (Å²) in [7, 11) is 0. The van der Waals surface area contributed by atoms with Crippen molar-refractivity contribution in [1.82, 2.24) is 14.4 Å². The molecule has 0 aliphatic rings. The van der Waals surface area contributed by atoms with Crippen LogP contribution in [0.25, 0.3) is 5.65 Å². The fourth-order valence-electron chi connectivity index (χ4n) is 1.16. The predicted octanol–water partition coefficient (Wildman–Crippen LogP) is -1.17. The lowest BCUT2D eigenvalue weighted by Gasteiger charge is -1.96. The van der Waals surface area contributed by atoms with E-state index >= 15 is 0 Å². The van der Waals surface area contributed by atoms with Crippen molar-refractivity contribution in [3.05, 3.63) is 28.4 Å². The first-order chi connectivity index (χ1) is 6.59. The topological polar surface area (TPSA) is 113 Å². The molecule has 0 radical (unpaired) electrons. The number of nitrogens with one attached hydrogen (secondary N) is 1. The number of rotatable bonds is 1. The van der Waals surface area contributed by atoms with Crippen LogP contribution in [-0.4, -0.2) is 25.4 Å². The van der Waals surface area contributed by atoms with E-state index in [2.05, 4.69) is 9.97 Å². The fourth-order valence-corrected chi connectivity index (χ4v) is 1.16. The van der Waals surface area contributed by atoms with E-state index in [9.17, 15) is 14.7 Å². The second-order valence-corrected chi connectivity index (χ2v) is 2.67. The molecule has 0 saturated carbocycles. The Hall–Kier alpha value is -2.31. The first-order valence-corrected chi connectivity index (χ1v) is 3.69. The fraction of sp³-hybridized carbons (Fsp3) is 0. The Labute approximate surface area is 76.8 Å². The molecule has 72 valence electrons. The highest BCUT2D eigenvalue weighted by Crippen LogP contribution is 2.10. The smallest absolute Gasteiger partial charge is 0.271 e. The molecule has 0 spiro atoms. The number of aromatic amines is 1. The summed E-state index contributed by atoms with van der Waals surface area (Å²) >= 11 is 0. The molecule has 0 aliphatic heterocycles. The van der Waals surface area contributed by atoms with Gasteiger partial charge in [0.1, 0.15) is 6.33 Å². The Balaban J connectivity index is 2.92. The molecule has 7 nitrogen and oxygen atoms in total. The lowest BCUT2D eigenvalue weighted by atomic mass is 10.4. The molecule has 0 aliphatic carbocycles. The van der Waals surface area contributed by atoms with Crippen LogP contribution in [0.5, 0.6) is 5.88 Å². The highest BCUT2D eigenvalue weighted by atomic mass is 16.3. The van der Waals surface area contributed by atoms with E-state index in [0.29, 0.717) is 0 Å². The van der Waals surface area contributed by atoms with Gasteiger partial charge in [0, 0.05) is 0 Å². The molecule has 1 amide bonds. The Morgan fingerprint density at radius 2 is 2.36 bits per heavy atom. The van der Waals surface area contributed by atoms with Gasteiger partial charge in [0.2, 0.25) is 5.88 Å². The molecule has 2 heterocycles. The molecule has 0 unspecified atom stereocenters. The van der Waals surface area contributed by atoms with E-state index in [0.717, 1.165) is 10.5 Å². The van der Waals surface area contributed by atoms with Gasteiger partial charge in [0.05, 0.1) is 6.07 Å². The number of aromatic nitrogens is 3. The second-order valence-electron chi connectivity index (χ2n) is 2.67. The quantitative estimate of drug-likeness (QED) is 0.530. The summed E-state index contributed by atoms with van der Waals surface area (Å²) in [4.78, 5) is 27.8. The number of primary amides is 1. The number of amides is 1. The monoisotopic (exact) mass is 194 g/mol. The number of nitrogens with zero attached hydrogens (tertiary/aromatic N) is 2. The molecule has 14 heavy (non-hydrogen) atoms. The van der Waals surface area contributed by atoms with Crippen molar-refractivity contribution >= 4 is 11.6 Å². The van der Waals surface area contributed by atoms with Crippen LogP contribution in [0.4, 0.5) is 0 Å². The van der Waals surface area contributed by atoms with Crippen LogP contribution in [-0.2, 0) is 0 Å². The minimum atomic E-state index is -0.770. The van der Waals surface area contributed by atoms with Crippen LogP contribution < -0.4 is 11.3 Å². The van der Waals surface area contributed by atoms with Gasteiger partial charge in [-0.1, -0.05) is 0 Å². The number of carbonyl (C=O) groups is 1. The molecule has 2 aromatic heterocycles. The van der Waals surface area contributed by atoms with E-state index in [1.165, 1.54) is 6.33 Å². The molecule has 0 atom stereocenters. The third-order valence-electron chi connectivity index (χ3n) is 1.75. The molecule has 4 N–H and O–H groups in total. The molecule has 0 aromatic carbocycles. The molecular weight excluding hydrogens is 188 g/mol. The highest BCUT2D eigenvalue weighted by molar-refractivity contribution is 5.96. The van der Waals surface area contributed by atoms with Gasteiger partial charge in [-0.05, 0) is 0 Å². The van der Waals surface area contributed by atoms with Crippen molar-refractivity contribution in [3.8, 4) is 5.88 Å². The molecule has 0 saturated heterocycles. The van der Waals surface area contributed by atoms with E-state index in [1.807, 2.05) is 0 Å². The normalized spacial score (nSPS) is 10.6. The molecule has 2 rings (SSSR count). The van der Waals surface area contributed by atoms with Crippen molar-refractivity contribution in [3.63, 3.8) is 0 Å². The van der Waals surface area contributed by atoms with Crippen LogP contribution in [0, 0.1) is 0 Å². The SMILES string of the molecule is NC(=O)c1ncn2c(O)cc(=O)[nH]c12. The highest BCUT2D eigenvalue weighted by Gasteiger charge is 2.12. The average molecular weight is 194 g/mol. The maximum Gasteiger partial charge on any atom is 0.271 e. The largest absolute Gasteiger partial charge is 0.494 e. The zero-order chi connectivity index (χ0) is 10.3. The predicted molar refractivity (Wildman–Crippen MR) is 46.0 cm³/mol. The van der Waals surface area contributed by atoms with Crippen LogP contribution in [0.1, 0.15) is 10.5 Å². The number of aromatic hydroxyl groups is 1. The Morgan fingerprint density at radius 3 is 3.00 bits per heavy atom. The van der Waals surface area contributed by atoms with E-state index in [1.54, 1.807) is 0 Å². The standard InChI is InChI=1S/C7H6N4O3/c8-6(14)5-7-10-3(12)1-4(13)11(7)2-9-5/h1-2,13H,(H2,8,14)(H,10,12). The minimum Gasteiger partial charge on any atom is -0.494 e. The van der Waals surface area contributed by atoms with Gasteiger partial charge in [0.15, 0.2) is 11.3 Å². The van der Waals surface area contributed by atoms with Crippen LogP contribution in [0.15, 0.2) is 17.2 Å². The van der Waals surface area contributed by atoms with Gasteiger partial charge in [-0.2, -0.15) is 0 Å². The average Bonchev–Trinajstić information content (AvgIpc) is 2.47. The van der Waals surface area contributed by atoms with E-state index < -0.39 is 11.5 Å². The maximum absolute atomic E-state index is 11.0. The van der Waals surface area contributed by atoms with Crippen LogP contribution >= 0.6 is 0 Å². The van der Waals surface area contributed by atoms with Gasteiger partial charge in [-0.3, -0.25) is 14.0 Å². The summed E-state index contributed by atoms with van der Waals surface area (Å²) in [6.45, 7) is 0. The number of hydrogen-bond acceptors (Lipinski definition) is 4. The summed E-state index contributed by atoms with van der Waals surface area (Å²) in [6.07, 6.45) is 1.20. The Kier molecular flexibility index (Phi) is 1.53. The summed E-state index contributed by atoms with van der Waals surface area (Å²) in [6, 6.07) is 0.972. The molecular formula is C7H6N4O3. The van der Waals surface area contributed by atoms with Crippen molar-refractivity contribution in [2.45, 2.75) is 0 Å². The van der Waals surface area contributed by atoms with Crippen molar-refractivity contribution in [1.29, 1.82) is 0 Å². The van der Waals surface area contributed by atoms with E-state index in [-0.39, 0.29) is 17.2 Å². The van der Waals surface area contributed by atoms with E-state index in [4.69, 9.17) is 5.73 Å². The summed E-state index contributed by atoms with van der Waals surface area (Å²) < 4.78 is 1.15. The first-order valence-electron chi connectivity index (χ1n) is 3.69. The Morgan fingerprint density at radius 1 is 1.64 bits per heavy atom. The van der Waals surface area contributed by atoms with Gasteiger partial charge in [0.25, 0.3) is 11.5 Å². The van der Waals surface area contributed by atoms with Crippen molar-refractivity contribution in [2.75, 3.05) is 0 Å². The maximum atomic E-state index is 11.0. The third kappa shape index (κ3) is 1.03. The molecule has 2 aromatic rings. The van der Waals surface area contributed by atoms with Crippen LogP contribution in [0.2, 0.25) is 0 Å². The second kappa shape index (κ2) is 2.59. The van der Waals surface area contributed by atoms with Gasteiger partial charge in [-0.15, -0.1) is 0 Å². The van der Waals surface area contributed by atoms with Gasteiger partial charge >= 0.3 is 0 Å². The zero-order valence-electron chi connectivity index (χ0n) is 6.89. The van der Waals surface area contributed by atoms with Crippen molar-refractivity contribution < 1.29 is 9.90 Å². The lowest BCUT2D eigenvalue weighted by molar-refractivity contribution is 0.0997. The Bertz CT molecular complexity index is 568. The number of imidazole rings is 1. The van der Waals surface area contributed by atoms with Gasteiger partial charge < -0.3 is 15.8 Å².